The molecule has 0 spiro atoms. The van der Waals surface area contributed by atoms with Crippen molar-refractivity contribution in [3.63, 3.8) is 0 Å². The van der Waals surface area contributed by atoms with Crippen molar-refractivity contribution >= 4 is 16.7 Å². The van der Waals surface area contributed by atoms with Gasteiger partial charge < -0.3 is 10.9 Å². The van der Waals surface area contributed by atoms with E-state index in [1.807, 2.05) is 26.1 Å². The quantitative estimate of drug-likeness (QED) is 0.314. The molecule has 0 saturated heterocycles. The van der Waals surface area contributed by atoms with Crippen molar-refractivity contribution < 1.29 is 5.21 Å². The van der Waals surface area contributed by atoms with Gasteiger partial charge in [0.1, 0.15) is 0 Å². The van der Waals surface area contributed by atoms with Crippen LogP contribution in [0, 0.1) is 6.92 Å². The first-order valence-corrected chi connectivity index (χ1v) is 4.54. The molecule has 2 rings (SSSR count). The van der Waals surface area contributed by atoms with Crippen LogP contribution in [-0.4, -0.2) is 20.8 Å². The molecule has 3 N–H and O–H groups in total. The molecule has 0 atom stereocenters. The molecule has 1 heterocycles. The van der Waals surface area contributed by atoms with Gasteiger partial charge in [-0.25, -0.2) is 0 Å². The molecule has 0 unspecified atom stereocenters. The fourth-order valence-electron chi connectivity index (χ4n) is 1.66. The number of oxime groups is 1. The van der Waals surface area contributed by atoms with E-state index in [0.29, 0.717) is 5.56 Å². The summed E-state index contributed by atoms with van der Waals surface area (Å²) in [6, 6.07) is 5.58. The summed E-state index contributed by atoms with van der Waals surface area (Å²) in [6.07, 6.45) is 0. The summed E-state index contributed by atoms with van der Waals surface area (Å²) >= 11 is 0. The number of nitrogens with zero attached hydrogens (tertiary/aromatic N) is 3. The van der Waals surface area contributed by atoms with Crippen LogP contribution in [0.2, 0.25) is 0 Å². The van der Waals surface area contributed by atoms with Crippen LogP contribution in [0.4, 0.5) is 0 Å². The second-order valence-corrected chi connectivity index (χ2v) is 3.43. The Morgan fingerprint density at radius 3 is 2.93 bits per heavy atom. The standard InChI is InChI=1S/C10H12N4O/c1-6-8-5-7(10(11)13-15)3-4-9(8)14(2)12-6/h3-5,15H,1-2H3,(H2,11,13). The Labute approximate surface area is 86.8 Å². The zero-order chi connectivity index (χ0) is 11.0. The minimum Gasteiger partial charge on any atom is -0.409 e. The number of amidine groups is 1. The first-order valence-electron chi connectivity index (χ1n) is 4.54. The van der Waals surface area contributed by atoms with Crippen molar-refractivity contribution in [2.45, 2.75) is 6.92 Å². The lowest BCUT2D eigenvalue weighted by molar-refractivity contribution is 0.318. The molecule has 78 valence electrons. The Kier molecular flexibility index (Phi) is 2.07. The smallest absolute Gasteiger partial charge is 0.170 e. The lowest BCUT2D eigenvalue weighted by Gasteiger charge is -1.99. The summed E-state index contributed by atoms with van der Waals surface area (Å²) in [6.45, 7) is 1.93. The average molecular weight is 204 g/mol. The van der Waals surface area contributed by atoms with Crippen LogP contribution >= 0.6 is 0 Å². The van der Waals surface area contributed by atoms with Crippen LogP contribution in [0.1, 0.15) is 11.3 Å². The Morgan fingerprint density at radius 1 is 1.53 bits per heavy atom. The van der Waals surface area contributed by atoms with Gasteiger partial charge in [0.25, 0.3) is 0 Å². The van der Waals surface area contributed by atoms with Crippen molar-refractivity contribution in [3.05, 3.63) is 29.5 Å². The molecule has 0 bridgehead atoms. The van der Waals surface area contributed by atoms with Gasteiger partial charge in [0.05, 0.1) is 11.2 Å². The van der Waals surface area contributed by atoms with Crippen LogP contribution in [0.5, 0.6) is 0 Å². The maximum absolute atomic E-state index is 8.58. The highest BCUT2D eigenvalue weighted by Crippen LogP contribution is 2.18. The lowest BCUT2D eigenvalue weighted by Crippen LogP contribution is -2.12. The largest absolute Gasteiger partial charge is 0.409 e. The molecule has 0 saturated carbocycles. The van der Waals surface area contributed by atoms with Gasteiger partial charge in [-0.1, -0.05) is 5.16 Å². The first kappa shape index (κ1) is 9.51. The first-order chi connectivity index (χ1) is 7.13. The molecule has 15 heavy (non-hydrogen) atoms. The highest BCUT2D eigenvalue weighted by molar-refractivity contribution is 6.00. The van der Waals surface area contributed by atoms with Crippen LogP contribution in [0.3, 0.4) is 0 Å². The average Bonchev–Trinajstić information content (AvgIpc) is 2.53. The zero-order valence-corrected chi connectivity index (χ0v) is 8.60. The number of rotatable bonds is 1. The third-order valence-corrected chi connectivity index (χ3v) is 2.44. The van der Waals surface area contributed by atoms with Gasteiger partial charge in [0.15, 0.2) is 5.84 Å². The second kappa shape index (κ2) is 3.27. The van der Waals surface area contributed by atoms with Gasteiger partial charge in [0.2, 0.25) is 0 Å². The number of fused-ring (bicyclic) bond motifs is 1. The van der Waals surface area contributed by atoms with Gasteiger partial charge in [-0.2, -0.15) is 5.10 Å². The molecule has 0 fully saturated rings. The molecule has 5 nitrogen and oxygen atoms in total. The molecule has 0 amide bonds. The van der Waals surface area contributed by atoms with Crippen LogP contribution in [0.25, 0.3) is 10.9 Å². The molecule has 0 aliphatic rings. The minimum absolute atomic E-state index is 0.111. The second-order valence-electron chi connectivity index (χ2n) is 3.43. The SMILES string of the molecule is Cc1nn(C)c2ccc(C(N)=NO)cc12. The fraction of sp³-hybridized carbons (Fsp3) is 0.200. The van der Waals surface area contributed by atoms with E-state index in [4.69, 9.17) is 10.9 Å². The number of hydrogen-bond donors (Lipinski definition) is 2. The normalized spacial score (nSPS) is 12.3. The predicted octanol–water partition coefficient (Wildman–Crippen LogP) is 0.976. The molecule has 1 aromatic heterocycles. The number of hydrogen-bond acceptors (Lipinski definition) is 3. The van der Waals surface area contributed by atoms with E-state index >= 15 is 0 Å². The van der Waals surface area contributed by atoms with Crippen molar-refractivity contribution in [1.29, 1.82) is 0 Å². The van der Waals surface area contributed by atoms with E-state index < -0.39 is 0 Å². The maximum Gasteiger partial charge on any atom is 0.170 e. The van der Waals surface area contributed by atoms with Gasteiger partial charge in [-0.05, 0) is 25.1 Å². The summed E-state index contributed by atoms with van der Waals surface area (Å²) in [4.78, 5) is 0. The van der Waals surface area contributed by atoms with Gasteiger partial charge >= 0.3 is 0 Å². The van der Waals surface area contributed by atoms with Gasteiger partial charge in [-0.15, -0.1) is 0 Å². The van der Waals surface area contributed by atoms with E-state index in [1.165, 1.54) is 0 Å². The molecule has 0 aliphatic heterocycles. The van der Waals surface area contributed by atoms with Crippen molar-refractivity contribution in [3.8, 4) is 0 Å². The summed E-state index contributed by atoms with van der Waals surface area (Å²) in [5.41, 5.74) is 8.17. The predicted molar refractivity (Wildman–Crippen MR) is 58.0 cm³/mol. The Hall–Kier alpha value is -2.04. The van der Waals surface area contributed by atoms with Crippen LogP contribution < -0.4 is 5.73 Å². The topological polar surface area (TPSA) is 76.4 Å². The number of nitrogens with two attached hydrogens (primary N) is 1. The molecule has 0 aliphatic carbocycles. The Morgan fingerprint density at radius 2 is 2.27 bits per heavy atom. The third kappa shape index (κ3) is 1.41. The summed E-state index contributed by atoms with van der Waals surface area (Å²) in [5.74, 6) is 0.111. The van der Waals surface area contributed by atoms with Gasteiger partial charge in [0, 0.05) is 18.0 Å². The maximum atomic E-state index is 8.58. The van der Waals surface area contributed by atoms with Crippen molar-refractivity contribution in [2.75, 3.05) is 0 Å². The van der Waals surface area contributed by atoms with Crippen molar-refractivity contribution in [2.24, 2.45) is 17.9 Å². The Bertz CT molecular complexity index is 542. The highest BCUT2D eigenvalue weighted by Gasteiger charge is 2.07. The molecule has 1 aromatic carbocycles. The molecular weight excluding hydrogens is 192 g/mol. The monoisotopic (exact) mass is 204 g/mol. The van der Waals surface area contributed by atoms with Gasteiger partial charge in [-0.3, -0.25) is 4.68 Å². The summed E-state index contributed by atoms with van der Waals surface area (Å²) in [7, 11) is 1.89. The van der Waals surface area contributed by atoms with Crippen molar-refractivity contribution in [1.82, 2.24) is 9.78 Å². The van der Waals surface area contributed by atoms with E-state index in [9.17, 15) is 0 Å². The Balaban J connectivity index is 2.70. The molecule has 0 radical (unpaired) electrons. The fourth-order valence-corrected chi connectivity index (χ4v) is 1.66. The lowest BCUT2D eigenvalue weighted by atomic mass is 10.1. The van der Waals surface area contributed by atoms with Crippen LogP contribution in [0.15, 0.2) is 23.4 Å². The summed E-state index contributed by atoms with van der Waals surface area (Å²) < 4.78 is 1.81. The molecular formula is C10H12N4O. The van der Waals surface area contributed by atoms with Crippen LogP contribution in [-0.2, 0) is 7.05 Å². The summed E-state index contributed by atoms with van der Waals surface area (Å²) in [5, 5.41) is 16.9. The number of aromatic nitrogens is 2. The van der Waals surface area contributed by atoms with E-state index in [1.54, 1.807) is 10.7 Å². The molecule has 2 aromatic rings. The minimum atomic E-state index is 0.111. The number of aryl methyl sites for hydroxylation is 2. The van der Waals surface area contributed by atoms with E-state index in [-0.39, 0.29) is 5.84 Å². The zero-order valence-electron chi connectivity index (χ0n) is 8.60. The molecule has 5 heteroatoms. The highest BCUT2D eigenvalue weighted by atomic mass is 16.4. The third-order valence-electron chi connectivity index (χ3n) is 2.44. The van der Waals surface area contributed by atoms with E-state index in [2.05, 4.69) is 10.3 Å². The van der Waals surface area contributed by atoms with E-state index in [0.717, 1.165) is 16.6 Å². The number of benzene rings is 1.